The third-order valence-corrected chi connectivity index (χ3v) is 5.88. The summed E-state index contributed by atoms with van der Waals surface area (Å²) in [6, 6.07) is 0. The van der Waals surface area contributed by atoms with Crippen molar-refractivity contribution in [1.29, 1.82) is 0 Å². The Hall–Kier alpha value is -0.990. The fraction of sp³-hybridized carbons (Fsp3) is 0.812. The minimum absolute atomic E-state index is 0.130. The van der Waals surface area contributed by atoms with E-state index in [0.29, 0.717) is 5.92 Å². The number of nitrogens with one attached hydrogen (secondary N) is 1. The molecule has 3 nitrogen and oxygen atoms in total. The van der Waals surface area contributed by atoms with E-state index in [2.05, 4.69) is 29.6 Å². The zero-order chi connectivity index (χ0) is 13.2. The van der Waals surface area contributed by atoms with Crippen LogP contribution in [0.5, 0.6) is 0 Å². The fourth-order valence-electron chi connectivity index (χ4n) is 5.42. The molecule has 104 valence electrons. The molecule has 3 heteroatoms. The van der Waals surface area contributed by atoms with E-state index in [-0.39, 0.29) is 11.2 Å². The monoisotopic (exact) mass is 260 g/mol. The number of hydrogen-bond acceptors (Lipinski definition) is 1. The zero-order valence-electron chi connectivity index (χ0n) is 12.0. The van der Waals surface area contributed by atoms with Gasteiger partial charge in [-0.3, -0.25) is 4.57 Å². The molecule has 0 spiro atoms. The van der Waals surface area contributed by atoms with Crippen LogP contribution in [0.25, 0.3) is 0 Å². The molecule has 0 atom stereocenters. The minimum atomic E-state index is 0.130. The van der Waals surface area contributed by atoms with Crippen molar-refractivity contribution in [2.45, 2.75) is 63.8 Å². The fourth-order valence-corrected chi connectivity index (χ4v) is 5.42. The van der Waals surface area contributed by atoms with E-state index < -0.39 is 0 Å². The molecule has 1 aromatic heterocycles. The number of imidazole rings is 1. The number of H-pyrrole nitrogens is 1. The van der Waals surface area contributed by atoms with Crippen molar-refractivity contribution in [3.8, 4) is 0 Å². The summed E-state index contributed by atoms with van der Waals surface area (Å²) in [6.07, 6.45) is 10.1. The van der Waals surface area contributed by atoms with Gasteiger partial charge in [0.05, 0.1) is 0 Å². The molecule has 1 aromatic rings. The summed E-state index contributed by atoms with van der Waals surface area (Å²) in [5.74, 6) is 3.06. The lowest BCUT2D eigenvalue weighted by Gasteiger charge is -2.56. The maximum atomic E-state index is 12.4. The van der Waals surface area contributed by atoms with Gasteiger partial charge in [0.2, 0.25) is 0 Å². The van der Waals surface area contributed by atoms with Crippen LogP contribution in [0, 0.1) is 17.8 Å². The Labute approximate surface area is 114 Å². The first kappa shape index (κ1) is 11.8. The second-order valence-corrected chi connectivity index (χ2v) is 7.68. The lowest BCUT2D eigenvalue weighted by Crippen LogP contribution is -2.54. The van der Waals surface area contributed by atoms with Gasteiger partial charge in [-0.25, -0.2) is 4.79 Å². The molecular formula is C16H24N2O. The number of nitrogens with zero attached hydrogens (tertiary/aromatic N) is 1. The van der Waals surface area contributed by atoms with Crippen LogP contribution >= 0.6 is 0 Å². The highest BCUT2D eigenvalue weighted by Crippen LogP contribution is 2.58. The summed E-state index contributed by atoms with van der Waals surface area (Å²) in [5, 5.41) is 0. The highest BCUT2D eigenvalue weighted by Gasteiger charge is 2.52. The van der Waals surface area contributed by atoms with E-state index in [1.54, 1.807) is 0 Å². The average molecular weight is 260 g/mol. The van der Waals surface area contributed by atoms with Crippen molar-refractivity contribution >= 4 is 0 Å². The number of aromatic nitrogens is 2. The van der Waals surface area contributed by atoms with Gasteiger partial charge in [-0.05, 0) is 62.2 Å². The quantitative estimate of drug-likeness (QED) is 0.871. The molecule has 0 unspecified atom stereocenters. The first-order valence-electron chi connectivity index (χ1n) is 7.88. The van der Waals surface area contributed by atoms with Gasteiger partial charge in [0, 0.05) is 17.4 Å². The summed E-state index contributed by atoms with van der Waals surface area (Å²) in [6.45, 7) is 4.30. The molecule has 4 aliphatic carbocycles. The SMILES string of the molecule is CC(C)c1cn(C23CC4CC(CC(C4)C2)C3)c(=O)[nH]1. The van der Waals surface area contributed by atoms with E-state index in [0.717, 1.165) is 23.4 Å². The van der Waals surface area contributed by atoms with Crippen molar-refractivity contribution in [2.24, 2.45) is 17.8 Å². The highest BCUT2D eigenvalue weighted by atomic mass is 16.1. The van der Waals surface area contributed by atoms with Gasteiger partial charge in [-0.1, -0.05) is 13.8 Å². The van der Waals surface area contributed by atoms with E-state index in [4.69, 9.17) is 0 Å². The van der Waals surface area contributed by atoms with Crippen LogP contribution in [0.4, 0.5) is 0 Å². The zero-order valence-corrected chi connectivity index (χ0v) is 12.0. The third kappa shape index (κ3) is 1.66. The van der Waals surface area contributed by atoms with Crippen LogP contribution in [-0.2, 0) is 5.54 Å². The maximum absolute atomic E-state index is 12.4. The van der Waals surface area contributed by atoms with Crippen molar-refractivity contribution in [3.05, 3.63) is 22.4 Å². The minimum Gasteiger partial charge on any atom is -0.310 e. The molecule has 5 rings (SSSR count). The second-order valence-electron chi connectivity index (χ2n) is 7.68. The van der Waals surface area contributed by atoms with Gasteiger partial charge in [0.25, 0.3) is 0 Å². The molecule has 4 saturated carbocycles. The third-order valence-electron chi connectivity index (χ3n) is 5.88. The average Bonchev–Trinajstić information content (AvgIpc) is 2.70. The molecule has 1 heterocycles. The summed E-state index contributed by atoms with van der Waals surface area (Å²) in [4.78, 5) is 15.4. The van der Waals surface area contributed by atoms with E-state index in [1.807, 2.05) is 0 Å². The van der Waals surface area contributed by atoms with Crippen LogP contribution in [0.2, 0.25) is 0 Å². The molecule has 0 aliphatic heterocycles. The van der Waals surface area contributed by atoms with Crippen molar-refractivity contribution in [2.75, 3.05) is 0 Å². The molecule has 4 fully saturated rings. The normalized spacial score (nSPS) is 40.3. The molecule has 0 aromatic carbocycles. The van der Waals surface area contributed by atoms with E-state index in [9.17, 15) is 4.79 Å². The summed E-state index contributed by atoms with van der Waals surface area (Å²) >= 11 is 0. The van der Waals surface area contributed by atoms with Gasteiger partial charge < -0.3 is 4.98 Å². The summed E-state index contributed by atoms with van der Waals surface area (Å²) in [7, 11) is 0. The van der Waals surface area contributed by atoms with Gasteiger partial charge in [0.15, 0.2) is 0 Å². The summed E-state index contributed by atoms with van der Waals surface area (Å²) in [5.41, 5.74) is 1.39. The van der Waals surface area contributed by atoms with Crippen LogP contribution < -0.4 is 5.69 Å². The number of hydrogen-bond donors (Lipinski definition) is 1. The summed E-state index contributed by atoms with van der Waals surface area (Å²) < 4.78 is 2.09. The van der Waals surface area contributed by atoms with Crippen LogP contribution in [0.1, 0.15) is 64.0 Å². The largest absolute Gasteiger partial charge is 0.326 e. The lowest BCUT2D eigenvalue weighted by atomic mass is 9.53. The maximum Gasteiger partial charge on any atom is 0.326 e. The van der Waals surface area contributed by atoms with Gasteiger partial charge in [-0.2, -0.15) is 0 Å². The smallest absolute Gasteiger partial charge is 0.310 e. The van der Waals surface area contributed by atoms with Crippen LogP contribution in [-0.4, -0.2) is 9.55 Å². The second kappa shape index (κ2) is 3.77. The Balaban J connectivity index is 1.77. The standard InChI is InChI=1S/C16H24N2O/c1-10(2)14-9-18(15(19)17-14)16-6-11-3-12(7-16)5-13(4-11)8-16/h9-13H,3-8H2,1-2H3,(H,17,19). The number of rotatable bonds is 2. The first-order valence-corrected chi connectivity index (χ1v) is 7.88. The Kier molecular flexibility index (Phi) is 2.34. The van der Waals surface area contributed by atoms with Gasteiger partial charge in [-0.15, -0.1) is 0 Å². The van der Waals surface area contributed by atoms with E-state index >= 15 is 0 Å². The predicted octanol–water partition coefficient (Wildman–Crippen LogP) is 3.23. The van der Waals surface area contributed by atoms with Gasteiger partial charge in [0.1, 0.15) is 0 Å². The topological polar surface area (TPSA) is 37.8 Å². The number of aromatic amines is 1. The predicted molar refractivity (Wildman–Crippen MR) is 75.3 cm³/mol. The van der Waals surface area contributed by atoms with Crippen LogP contribution in [0.15, 0.2) is 11.0 Å². The van der Waals surface area contributed by atoms with Crippen molar-refractivity contribution < 1.29 is 0 Å². The molecule has 0 amide bonds. The molecule has 4 aliphatic rings. The molecule has 0 radical (unpaired) electrons. The molecule has 19 heavy (non-hydrogen) atoms. The highest BCUT2D eigenvalue weighted by molar-refractivity contribution is 5.11. The Morgan fingerprint density at radius 3 is 2.11 bits per heavy atom. The Morgan fingerprint density at radius 2 is 1.68 bits per heavy atom. The van der Waals surface area contributed by atoms with Crippen molar-refractivity contribution in [3.63, 3.8) is 0 Å². The lowest BCUT2D eigenvalue weighted by molar-refractivity contribution is -0.0447. The molecular weight excluding hydrogens is 236 g/mol. The van der Waals surface area contributed by atoms with Crippen LogP contribution in [0.3, 0.4) is 0 Å². The van der Waals surface area contributed by atoms with Crippen molar-refractivity contribution in [1.82, 2.24) is 9.55 Å². The Morgan fingerprint density at radius 1 is 1.16 bits per heavy atom. The van der Waals surface area contributed by atoms with E-state index in [1.165, 1.54) is 38.5 Å². The molecule has 4 bridgehead atoms. The Bertz CT molecular complexity index is 516. The molecule has 0 saturated heterocycles. The van der Waals surface area contributed by atoms with Gasteiger partial charge >= 0.3 is 5.69 Å². The first-order chi connectivity index (χ1) is 9.06. The molecule has 1 N–H and O–H groups in total.